The number of carbonyl (C=O) groups excluding carboxylic acids is 1. The molecule has 0 bridgehead atoms. The lowest BCUT2D eigenvalue weighted by molar-refractivity contribution is -0.122. The zero-order valence-electron chi connectivity index (χ0n) is 14.4. The molecular weight excluding hydrogens is 368 g/mol. The molecule has 8 heteroatoms. The Labute approximate surface area is 158 Å². The maximum absolute atomic E-state index is 12.9. The van der Waals surface area contributed by atoms with E-state index in [1.165, 1.54) is 22.2 Å². The maximum Gasteiger partial charge on any atom is 0.263 e. The molecule has 3 aromatic rings. The number of amides is 1. The van der Waals surface area contributed by atoms with E-state index in [0.717, 1.165) is 30.0 Å². The monoisotopic (exact) mass is 388 g/mol. The molecule has 2 atom stereocenters. The van der Waals surface area contributed by atoms with Gasteiger partial charge in [-0.15, -0.1) is 22.7 Å². The van der Waals surface area contributed by atoms with Crippen molar-refractivity contribution >= 4 is 38.8 Å². The van der Waals surface area contributed by atoms with E-state index in [9.17, 15) is 9.59 Å². The van der Waals surface area contributed by atoms with Crippen molar-refractivity contribution in [1.82, 2.24) is 20.2 Å². The zero-order chi connectivity index (χ0) is 18.1. The highest BCUT2D eigenvalue weighted by molar-refractivity contribution is 7.18. The number of hydrogen-bond donors (Lipinski definition) is 2. The van der Waals surface area contributed by atoms with E-state index in [1.807, 2.05) is 22.9 Å². The molecular formula is C18H20N4O2S2. The highest BCUT2D eigenvalue weighted by Gasteiger charge is 2.23. The molecule has 136 valence electrons. The molecule has 4 rings (SSSR count). The van der Waals surface area contributed by atoms with Gasteiger partial charge in [0.25, 0.3) is 5.56 Å². The number of carbonyl (C=O) groups is 1. The Balaban J connectivity index is 1.59. The van der Waals surface area contributed by atoms with Gasteiger partial charge < -0.3 is 10.6 Å². The topological polar surface area (TPSA) is 76.0 Å². The Bertz CT molecular complexity index is 977. The molecule has 6 nitrogen and oxygen atoms in total. The van der Waals surface area contributed by atoms with E-state index in [-0.39, 0.29) is 24.1 Å². The first-order valence-electron chi connectivity index (χ1n) is 8.64. The van der Waals surface area contributed by atoms with Crippen LogP contribution in [0.1, 0.15) is 13.3 Å². The van der Waals surface area contributed by atoms with Gasteiger partial charge in [0.15, 0.2) is 0 Å². The first kappa shape index (κ1) is 17.4. The van der Waals surface area contributed by atoms with E-state index in [0.29, 0.717) is 16.1 Å². The van der Waals surface area contributed by atoms with Gasteiger partial charge in [0.2, 0.25) is 5.91 Å². The SMILES string of the molecule is CC1CCNCC1NC(=O)Cn1cnc2scc(-c3cccs3)c2c1=O. The normalized spacial score (nSPS) is 20.3. The summed E-state index contributed by atoms with van der Waals surface area (Å²) in [4.78, 5) is 31.5. The Morgan fingerprint density at radius 3 is 3.12 bits per heavy atom. The second-order valence-corrected chi connectivity index (χ2v) is 8.43. The van der Waals surface area contributed by atoms with Crippen LogP contribution in [0.15, 0.2) is 34.0 Å². The first-order valence-corrected chi connectivity index (χ1v) is 10.4. The fourth-order valence-corrected chi connectivity index (χ4v) is 5.00. The lowest BCUT2D eigenvalue weighted by atomic mass is 9.95. The number of rotatable bonds is 4. The van der Waals surface area contributed by atoms with Crippen LogP contribution in [0.25, 0.3) is 20.7 Å². The van der Waals surface area contributed by atoms with E-state index in [2.05, 4.69) is 22.5 Å². The molecule has 1 fully saturated rings. The molecule has 2 N–H and O–H groups in total. The van der Waals surface area contributed by atoms with Crippen LogP contribution in [0, 0.1) is 5.92 Å². The molecule has 0 aromatic carbocycles. The van der Waals surface area contributed by atoms with Gasteiger partial charge in [0, 0.05) is 28.4 Å². The minimum atomic E-state index is -0.162. The van der Waals surface area contributed by atoms with Crippen LogP contribution >= 0.6 is 22.7 Å². The van der Waals surface area contributed by atoms with Gasteiger partial charge in [-0.25, -0.2) is 4.98 Å². The van der Waals surface area contributed by atoms with Gasteiger partial charge in [-0.3, -0.25) is 14.2 Å². The van der Waals surface area contributed by atoms with Crippen LogP contribution in [0.2, 0.25) is 0 Å². The summed E-state index contributed by atoms with van der Waals surface area (Å²) in [5, 5.41) is 10.9. The molecule has 4 heterocycles. The molecule has 0 radical (unpaired) electrons. The van der Waals surface area contributed by atoms with Gasteiger partial charge in [-0.05, 0) is 30.3 Å². The third-order valence-electron chi connectivity index (χ3n) is 4.84. The van der Waals surface area contributed by atoms with Crippen LogP contribution in [-0.4, -0.2) is 34.6 Å². The standard InChI is InChI=1S/C18H20N4O2S2/c1-11-4-5-19-7-13(11)21-15(23)8-22-10-20-17-16(18(22)24)12(9-26-17)14-3-2-6-25-14/h2-3,6,9-11,13,19H,4-5,7-8H2,1H3,(H,21,23). The number of piperidine rings is 1. The third-order valence-corrected chi connectivity index (χ3v) is 6.62. The van der Waals surface area contributed by atoms with Crippen molar-refractivity contribution < 1.29 is 4.79 Å². The molecule has 2 unspecified atom stereocenters. The molecule has 1 aliphatic heterocycles. The second kappa shape index (κ2) is 7.30. The average Bonchev–Trinajstić information content (AvgIpc) is 3.29. The van der Waals surface area contributed by atoms with E-state index in [4.69, 9.17) is 0 Å². The van der Waals surface area contributed by atoms with Crippen LogP contribution in [0.5, 0.6) is 0 Å². The number of nitrogens with zero attached hydrogens (tertiary/aromatic N) is 2. The molecule has 26 heavy (non-hydrogen) atoms. The Morgan fingerprint density at radius 2 is 2.35 bits per heavy atom. The molecule has 3 aromatic heterocycles. The number of aromatic nitrogens is 2. The summed E-state index contributed by atoms with van der Waals surface area (Å²) >= 11 is 3.05. The Kier molecular flexibility index (Phi) is 4.88. The summed E-state index contributed by atoms with van der Waals surface area (Å²) in [5.74, 6) is 0.279. The average molecular weight is 389 g/mol. The summed E-state index contributed by atoms with van der Waals surface area (Å²) in [6.45, 7) is 3.89. The number of fused-ring (bicyclic) bond motifs is 1. The van der Waals surface area contributed by atoms with Crippen molar-refractivity contribution in [3.63, 3.8) is 0 Å². The van der Waals surface area contributed by atoms with Crippen LogP contribution in [0.3, 0.4) is 0 Å². The first-order chi connectivity index (χ1) is 12.6. The molecule has 0 saturated carbocycles. The number of hydrogen-bond acceptors (Lipinski definition) is 6. The predicted octanol–water partition coefficient (Wildman–Crippen LogP) is 2.30. The number of thiophene rings is 2. The summed E-state index contributed by atoms with van der Waals surface area (Å²) in [7, 11) is 0. The third kappa shape index (κ3) is 3.32. The largest absolute Gasteiger partial charge is 0.350 e. The summed E-state index contributed by atoms with van der Waals surface area (Å²) in [5.41, 5.74) is 0.738. The van der Waals surface area contributed by atoms with Crippen LogP contribution in [-0.2, 0) is 11.3 Å². The van der Waals surface area contributed by atoms with Gasteiger partial charge in [0.1, 0.15) is 11.4 Å². The number of nitrogens with one attached hydrogen (secondary N) is 2. The van der Waals surface area contributed by atoms with Gasteiger partial charge >= 0.3 is 0 Å². The molecule has 0 aliphatic carbocycles. The van der Waals surface area contributed by atoms with E-state index < -0.39 is 0 Å². The molecule has 0 spiro atoms. The lowest BCUT2D eigenvalue weighted by Crippen LogP contribution is -2.51. The van der Waals surface area contributed by atoms with Crippen LogP contribution < -0.4 is 16.2 Å². The van der Waals surface area contributed by atoms with Crippen molar-refractivity contribution in [2.45, 2.75) is 25.9 Å². The zero-order valence-corrected chi connectivity index (χ0v) is 16.0. The molecule has 1 saturated heterocycles. The summed E-state index contributed by atoms with van der Waals surface area (Å²) in [6.07, 6.45) is 2.51. The minimum absolute atomic E-state index is 0.00921. The lowest BCUT2D eigenvalue weighted by Gasteiger charge is -2.30. The quantitative estimate of drug-likeness (QED) is 0.719. The fraction of sp³-hybridized carbons (Fsp3) is 0.389. The summed E-state index contributed by atoms with van der Waals surface area (Å²) < 4.78 is 1.41. The van der Waals surface area contributed by atoms with Crippen molar-refractivity contribution in [3.05, 3.63) is 39.6 Å². The van der Waals surface area contributed by atoms with Crippen molar-refractivity contribution in [2.24, 2.45) is 5.92 Å². The Morgan fingerprint density at radius 1 is 1.46 bits per heavy atom. The second-order valence-electron chi connectivity index (χ2n) is 6.63. The fourth-order valence-electron chi connectivity index (χ4n) is 3.28. The summed E-state index contributed by atoms with van der Waals surface area (Å²) in [6, 6.07) is 4.06. The predicted molar refractivity (Wildman–Crippen MR) is 106 cm³/mol. The minimum Gasteiger partial charge on any atom is -0.350 e. The van der Waals surface area contributed by atoms with Crippen molar-refractivity contribution in [2.75, 3.05) is 13.1 Å². The van der Waals surface area contributed by atoms with Gasteiger partial charge in [-0.2, -0.15) is 0 Å². The maximum atomic E-state index is 12.9. The Hall–Kier alpha value is -2.03. The highest BCUT2D eigenvalue weighted by atomic mass is 32.1. The van der Waals surface area contributed by atoms with E-state index >= 15 is 0 Å². The van der Waals surface area contributed by atoms with Gasteiger partial charge in [0.05, 0.1) is 11.7 Å². The molecule has 1 amide bonds. The van der Waals surface area contributed by atoms with Crippen molar-refractivity contribution in [3.8, 4) is 10.4 Å². The highest BCUT2D eigenvalue weighted by Crippen LogP contribution is 2.33. The van der Waals surface area contributed by atoms with E-state index in [1.54, 1.807) is 11.3 Å². The van der Waals surface area contributed by atoms with Crippen molar-refractivity contribution in [1.29, 1.82) is 0 Å². The van der Waals surface area contributed by atoms with Gasteiger partial charge in [-0.1, -0.05) is 13.0 Å². The smallest absolute Gasteiger partial charge is 0.263 e. The molecule has 1 aliphatic rings. The van der Waals surface area contributed by atoms with Crippen LogP contribution in [0.4, 0.5) is 0 Å².